The van der Waals surface area contributed by atoms with Crippen molar-refractivity contribution in [2.45, 2.75) is 30.8 Å². The van der Waals surface area contributed by atoms with E-state index in [0.717, 1.165) is 45.1 Å². The minimum absolute atomic E-state index is 0.0962. The molecule has 154 valence electrons. The van der Waals surface area contributed by atoms with Gasteiger partial charge >= 0.3 is 0 Å². The zero-order valence-electron chi connectivity index (χ0n) is 17.2. The number of hydrogen-bond acceptors (Lipinski definition) is 5. The van der Waals surface area contributed by atoms with Gasteiger partial charge in [-0.15, -0.1) is 10.2 Å². The van der Waals surface area contributed by atoms with E-state index in [1.807, 2.05) is 67.6 Å². The molecule has 7 heteroatoms. The van der Waals surface area contributed by atoms with Gasteiger partial charge in [0.15, 0.2) is 5.65 Å². The fraction of sp³-hybridized carbons (Fsp3) is 0.167. The average Bonchev–Trinajstić information content (AvgIpc) is 3.12. The van der Waals surface area contributed by atoms with E-state index in [0.29, 0.717) is 5.16 Å². The molecule has 0 saturated heterocycles. The monoisotopic (exact) mass is 427 g/mol. The second-order valence-electron chi connectivity index (χ2n) is 7.30. The molecule has 31 heavy (non-hydrogen) atoms. The average molecular weight is 428 g/mol. The van der Waals surface area contributed by atoms with Gasteiger partial charge in [0.1, 0.15) is 5.52 Å². The van der Waals surface area contributed by atoms with E-state index in [2.05, 4.69) is 33.1 Å². The van der Waals surface area contributed by atoms with Crippen molar-refractivity contribution in [1.29, 1.82) is 0 Å². The first-order chi connectivity index (χ1) is 15.2. The van der Waals surface area contributed by atoms with Crippen molar-refractivity contribution in [2.24, 2.45) is 0 Å². The van der Waals surface area contributed by atoms with Gasteiger partial charge in [-0.2, -0.15) is 0 Å². The number of hydrogen-bond donors (Lipinski definition) is 1. The van der Waals surface area contributed by atoms with E-state index in [4.69, 9.17) is 4.98 Å². The van der Waals surface area contributed by atoms with E-state index in [1.165, 1.54) is 11.8 Å². The van der Waals surface area contributed by atoms with Crippen LogP contribution < -0.4 is 5.32 Å². The number of rotatable bonds is 5. The van der Waals surface area contributed by atoms with Crippen molar-refractivity contribution < 1.29 is 4.79 Å². The maximum atomic E-state index is 12.9. The van der Waals surface area contributed by atoms with Gasteiger partial charge in [0, 0.05) is 23.0 Å². The fourth-order valence-electron chi connectivity index (χ4n) is 3.84. The largest absolute Gasteiger partial charge is 0.325 e. The van der Waals surface area contributed by atoms with Crippen LogP contribution in [0.1, 0.15) is 13.8 Å². The van der Waals surface area contributed by atoms with Gasteiger partial charge in [-0.3, -0.25) is 4.79 Å². The van der Waals surface area contributed by atoms with Crippen molar-refractivity contribution >= 4 is 56.2 Å². The molecular formula is C24H21N5OS. The number of nitrogens with zero attached hydrogens (tertiary/aromatic N) is 4. The molecule has 0 aliphatic heterocycles. The van der Waals surface area contributed by atoms with Gasteiger partial charge in [0.2, 0.25) is 11.1 Å². The quantitative estimate of drug-likeness (QED) is 0.387. The predicted molar refractivity (Wildman–Crippen MR) is 126 cm³/mol. The number of aryl methyl sites for hydroxylation is 1. The molecule has 0 spiro atoms. The van der Waals surface area contributed by atoms with Gasteiger partial charge in [-0.1, -0.05) is 66.4 Å². The molecule has 1 unspecified atom stereocenters. The SMILES string of the molecule is CCn1c2ccccc2c2nnc(SC(C)C(=O)Nc3cccc4ccccc34)nc21. The summed E-state index contributed by atoms with van der Waals surface area (Å²) in [5, 5.41) is 15.0. The molecule has 1 N–H and O–H groups in total. The third kappa shape index (κ3) is 3.51. The Bertz CT molecular complexity index is 1420. The van der Waals surface area contributed by atoms with Crippen molar-refractivity contribution in [3.8, 4) is 0 Å². The van der Waals surface area contributed by atoms with Crippen molar-refractivity contribution in [1.82, 2.24) is 19.7 Å². The van der Waals surface area contributed by atoms with Crippen LogP contribution in [0, 0.1) is 0 Å². The van der Waals surface area contributed by atoms with Gasteiger partial charge < -0.3 is 9.88 Å². The first-order valence-electron chi connectivity index (χ1n) is 10.2. The van der Waals surface area contributed by atoms with Gasteiger partial charge in [0.05, 0.1) is 10.8 Å². The standard InChI is InChI=1S/C24H21N5OS/c1-3-29-20-14-7-6-12-18(20)21-22(29)26-24(28-27-21)31-15(2)23(30)25-19-13-8-10-16-9-4-5-11-17(16)19/h4-15H,3H2,1-2H3,(H,25,30). The maximum absolute atomic E-state index is 12.9. The Labute approximate surface area is 183 Å². The third-order valence-corrected chi connectivity index (χ3v) is 6.32. The number of carbonyl (C=O) groups is 1. The summed E-state index contributed by atoms with van der Waals surface area (Å²) in [6.07, 6.45) is 0. The highest BCUT2D eigenvalue weighted by atomic mass is 32.2. The van der Waals surface area contributed by atoms with Gasteiger partial charge in [0.25, 0.3) is 0 Å². The van der Waals surface area contributed by atoms with E-state index in [1.54, 1.807) is 0 Å². The number of benzene rings is 3. The predicted octanol–water partition coefficient (Wildman–Crippen LogP) is 5.27. The highest BCUT2D eigenvalue weighted by Gasteiger charge is 2.19. The van der Waals surface area contributed by atoms with Crippen LogP contribution in [0.4, 0.5) is 5.69 Å². The molecule has 0 radical (unpaired) electrons. The highest BCUT2D eigenvalue weighted by Crippen LogP contribution is 2.29. The number of fused-ring (bicyclic) bond motifs is 4. The number of para-hydroxylation sites is 1. The molecule has 0 aliphatic carbocycles. The number of aromatic nitrogens is 4. The van der Waals surface area contributed by atoms with Crippen LogP contribution in [0.15, 0.2) is 71.9 Å². The summed E-state index contributed by atoms with van der Waals surface area (Å²) in [5.74, 6) is -0.0962. The van der Waals surface area contributed by atoms with Crippen molar-refractivity contribution in [3.63, 3.8) is 0 Å². The topological polar surface area (TPSA) is 72.7 Å². The van der Waals surface area contributed by atoms with E-state index in [-0.39, 0.29) is 11.2 Å². The Balaban J connectivity index is 1.41. The molecule has 0 saturated carbocycles. The summed E-state index contributed by atoms with van der Waals surface area (Å²) in [6.45, 7) is 4.72. The molecular weight excluding hydrogens is 406 g/mol. The summed E-state index contributed by atoms with van der Waals surface area (Å²) in [6, 6.07) is 22.0. The van der Waals surface area contributed by atoms with Crippen LogP contribution in [0.5, 0.6) is 0 Å². The minimum atomic E-state index is -0.377. The Morgan fingerprint density at radius 1 is 1.00 bits per heavy atom. The Morgan fingerprint density at radius 2 is 1.74 bits per heavy atom. The number of thioether (sulfide) groups is 1. The van der Waals surface area contributed by atoms with Crippen LogP contribution in [0.25, 0.3) is 32.8 Å². The molecule has 1 atom stereocenters. The molecule has 0 bridgehead atoms. The second-order valence-corrected chi connectivity index (χ2v) is 8.61. The lowest BCUT2D eigenvalue weighted by Crippen LogP contribution is -2.22. The first-order valence-corrected chi connectivity index (χ1v) is 11.1. The summed E-state index contributed by atoms with van der Waals surface area (Å²) in [5.41, 5.74) is 3.47. The summed E-state index contributed by atoms with van der Waals surface area (Å²) >= 11 is 1.31. The minimum Gasteiger partial charge on any atom is -0.325 e. The van der Waals surface area contributed by atoms with Crippen molar-refractivity contribution in [2.75, 3.05) is 5.32 Å². The maximum Gasteiger partial charge on any atom is 0.237 e. The normalized spacial score (nSPS) is 12.5. The van der Waals surface area contributed by atoms with Gasteiger partial charge in [-0.25, -0.2) is 4.98 Å². The second kappa shape index (κ2) is 8.00. The Morgan fingerprint density at radius 3 is 2.58 bits per heavy atom. The van der Waals surface area contributed by atoms with Gasteiger partial charge in [-0.05, 0) is 31.4 Å². The van der Waals surface area contributed by atoms with Crippen LogP contribution in [0.2, 0.25) is 0 Å². The van der Waals surface area contributed by atoms with E-state index >= 15 is 0 Å². The molecule has 2 heterocycles. The number of carbonyl (C=O) groups excluding carboxylic acids is 1. The molecule has 0 fully saturated rings. The molecule has 1 amide bonds. The zero-order chi connectivity index (χ0) is 21.4. The lowest BCUT2D eigenvalue weighted by atomic mass is 10.1. The summed E-state index contributed by atoms with van der Waals surface area (Å²) in [7, 11) is 0. The molecule has 2 aromatic heterocycles. The van der Waals surface area contributed by atoms with E-state index < -0.39 is 0 Å². The van der Waals surface area contributed by atoms with Crippen LogP contribution in [-0.2, 0) is 11.3 Å². The lowest BCUT2D eigenvalue weighted by molar-refractivity contribution is -0.115. The van der Waals surface area contributed by atoms with Crippen molar-refractivity contribution in [3.05, 3.63) is 66.7 Å². The van der Waals surface area contributed by atoms with Crippen LogP contribution in [0.3, 0.4) is 0 Å². The molecule has 6 nitrogen and oxygen atoms in total. The zero-order valence-corrected chi connectivity index (χ0v) is 18.1. The highest BCUT2D eigenvalue weighted by molar-refractivity contribution is 8.00. The third-order valence-electron chi connectivity index (χ3n) is 5.37. The van der Waals surface area contributed by atoms with Crippen LogP contribution >= 0.6 is 11.8 Å². The molecule has 3 aromatic carbocycles. The smallest absolute Gasteiger partial charge is 0.237 e. The Hall–Kier alpha value is -3.45. The van der Waals surface area contributed by atoms with Crippen LogP contribution in [-0.4, -0.2) is 30.9 Å². The fourth-order valence-corrected chi connectivity index (χ4v) is 4.55. The number of nitrogens with one attached hydrogen (secondary N) is 1. The summed E-state index contributed by atoms with van der Waals surface area (Å²) in [4.78, 5) is 17.6. The molecule has 5 rings (SSSR count). The summed E-state index contributed by atoms with van der Waals surface area (Å²) < 4.78 is 2.13. The molecule has 0 aliphatic rings. The lowest BCUT2D eigenvalue weighted by Gasteiger charge is -2.13. The molecule has 5 aromatic rings. The van der Waals surface area contributed by atoms with E-state index in [9.17, 15) is 4.79 Å². The number of anilines is 1. The Kier molecular flexibility index (Phi) is 5.03. The first kappa shape index (κ1) is 19.5. The number of amides is 1.